The number of nitrogens with zero attached hydrogens (tertiary/aromatic N) is 2. The topological polar surface area (TPSA) is 64.3 Å². The van der Waals surface area contributed by atoms with E-state index in [1.165, 1.54) is 4.68 Å². The van der Waals surface area contributed by atoms with Crippen LogP contribution in [0.4, 0.5) is 0 Å². The fraction of sp³-hybridized carbons (Fsp3) is 0.231. The quantitative estimate of drug-likeness (QED) is 0.837. The number of aryl methyl sites for hydroxylation is 2. The van der Waals surface area contributed by atoms with Crippen molar-refractivity contribution in [3.8, 4) is 11.6 Å². The molecule has 0 aliphatic heterocycles. The number of aromatic nitrogens is 2. The minimum Gasteiger partial charge on any atom is -0.497 e. The number of benzene rings is 1. The molecule has 0 fully saturated rings. The first-order valence-electron chi connectivity index (χ1n) is 5.46. The lowest BCUT2D eigenvalue weighted by Crippen LogP contribution is -2.02. The third-order valence-electron chi connectivity index (χ3n) is 2.77. The van der Waals surface area contributed by atoms with Crippen LogP contribution in [-0.4, -0.2) is 27.8 Å². The number of carbonyl (C=O) groups is 1. The summed E-state index contributed by atoms with van der Waals surface area (Å²) in [5.74, 6) is 0.313. The molecule has 1 aromatic carbocycles. The molecule has 5 heteroatoms. The zero-order chi connectivity index (χ0) is 13.3. The lowest BCUT2D eigenvalue weighted by atomic mass is 10.0. The van der Waals surface area contributed by atoms with Crippen molar-refractivity contribution in [1.29, 1.82) is 0 Å². The van der Waals surface area contributed by atoms with E-state index < -0.39 is 0 Å². The van der Waals surface area contributed by atoms with Crippen molar-refractivity contribution in [3.05, 3.63) is 41.1 Å². The summed E-state index contributed by atoms with van der Waals surface area (Å²) in [4.78, 5) is 12.2. The van der Waals surface area contributed by atoms with E-state index in [0.29, 0.717) is 17.0 Å². The Bertz CT molecular complexity index is 585. The minimum atomic E-state index is -0.249. The molecule has 1 heterocycles. The van der Waals surface area contributed by atoms with Crippen LogP contribution in [0.2, 0.25) is 0 Å². The molecule has 2 aromatic rings. The molecule has 0 saturated carbocycles. The predicted molar refractivity (Wildman–Crippen MR) is 66.0 cm³/mol. The van der Waals surface area contributed by atoms with Crippen molar-refractivity contribution < 1.29 is 14.6 Å². The highest BCUT2D eigenvalue weighted by atomic mass is 16.5. The van der Waals surface area contributed by atoms with Crippen molar-refractivity contribution in [2.45, 2.75) is 6.92 Å². The summed E-state index contributed by atoms with van der Waals surface area (Å²) in [5.41, 5.74) is 1.24. The zero-order valence-corrected chi connectivity index (χ0v) is 10.5. The molecule has 1 aromatic heterocycles. The van der Waals surface area contributed by atoms with E-state index in [9.17, 15) is 9.90 Å². The molecule has 0 radical (unpaired) electrons. The maximum absolute atomic E-state index is 12.2. The van der Waals surface area contributed by atoms with Crippen LogP contribution in [0, 0.1) is 6.92 Å². The van der Waals surface area contributed by atoms with Crippen LogP contribution in [0.3, 0.4) is 0 Å². The molecule has 5 nitrogen and oxygen atoms in total. The first-order valence-corrected chi connectivity index (χ1v) is 5.46. The monoisotopic (exact) mass is 246 g/mol. The van der Waals surface area contributed by atoms with Crippen LogP contribution in [0.1, 0.15) is 21.6 Å². The molecule has 0 saturated heterocycles. The SMILES string of the molecule is COc1ccc(C(=O)c2c(C)nn(C)c2O)cc1. The number of ketones is 1. The Morgan fingerprint density at radius 3 is 2.39 bits per heavy atom. The van der Waals surface area contributed by atoms with Crippen molar-refractivity contribution in [3.63, 3.8) is 0 Å². The summed E-state index contributed by atoms with van der Waals surface area (Å²) >= 11 is 0. The number of aromatic hydroxyl groups is 1. The molecule has 0 aliphatic rings. The Kier molecular flexibility index (Phi) is 3.06. The molecule has 94 valence electrons. The summed E-state index contributed by atoms with van der Waals surface area (Å²) in [5, 5.41) is 13.8. The lowest BCUT2D eigenvalue weighted by molar-refractivity contribution is 0.103. The second-order valence-electron chi connectivity index (χ2n) is 3.97. The molecule has 0 atom stereocenters. The smallest absolute Gasteiger partial charge is 0.220 e. The fourth-order valence-corrected chi connectivity index (χ4v) is 1.80. The number of carbonyl (C=O) groups excluding carboxylic acids is 1. The summed E-state index contributed by atoms with van der Waals surface area (Å²) in [6, 6.07) is 6.73. The van der Waals surface area contributed by atoms with Crippen LogP contribution >= 0.6 is 0 Å². The third kappa shape index (κ3) is 1.95. The summed E-state index contributed by atoms with van der Waals surface area (Å²) in [6.45, 7) is 1.69. The molecule has 2 rings (SSSR count). The first-order chi connectivity index (χ1) is 8.54. The van der Waals surface area contributed by atoms with Crippen molar-refractivity contribution >= 4 is 5.78 Å². The second kappa shape index (κ2) is 4.52. The number of hydrogen-bond acceptors (Lipinski definition) is 4. The van der Waals surface area contributed by atoms with Crippen molar-refractivity contribution in [2.24, 2.45) is 7.05 Å². The first kappa shape index (κ1) is 12.2. The molecule has 0 spiro atoms. The van der Waals surface area contributed by atoms with E-state index in [1.54, 1.807) is 45.3 Å². The standard InChI is InChI=1S/C13H14N2O3/c1-8-11(13(17)15(2)14-8)12(16)9-4-6-10(18-3)7-5-9/h4-7,17H,1-3H3. The summed E-state index contributed by atoms with van der Waals surface area (Å²) in [7, 11) is 3.15. The number of hydrogen-bond donors (Lipinski definition) is 1. The zero-order valence-electron chi connectivity index (χ0n) is 10.5. The number of ether oxygens (including phenoxy) is 1. The van der Waals surface area contributed by atoms with Gasteiger partial charge in [0.25, 0.3) is 0 Å². The Morgan fingerprint density at radius 2 is 1.94 bits per heavy atom. The average Bonchev–Trinajstić information content (AvgIpc) is 2.63. The van der Waals surface area contributed by atoms with Crippen molar-refractivity contribution in [2.75, 3.05) is 7.11 Å². The Labute approximate surface area is 105 Å². The van der Waals surface area contributed by atoms with E-state index >= 15 is 0 Å². The highest BCUT2D eigenvalue weighted by Gasteiger charge is 2.21. The number of rotatable bonds is 3. The van der Waals surface area contributed by atoms with Gasteiger partial charge < -0.3 is 9.84 Å². The maximum atomic E-state index is 12.2. The highest BCUT2D eigenvalue weighted by Crippen LogP contribution is 2.23. The van der Waals surface area contributed by atoms with Gasteiger partial charge in [-0.25, -0.2) is 4.68 Å². The van der Waals surface area contributed by atoms with Crippen molar-refractivity contribution in [1.82, 2.24) is 9.78 Å². The highest BCUT2D eigenvalue weighted by molar-refractivity contribution is 6.11. The van der Waals surface area contributed by atoms with Gasteiger partial charge in [0.2, 0.25) is 5.88 Å². The molecule has 1 N–H and O–H groups in total. The molecule has 0 amide bonds. The van der Waals surface area contributed by atoms with Gasteiger partial charge >= 0.3 is 0 Å². The van der Waals surface area contributed by atoms with Gasteiger partial charge in [-0.1, -0.05) is 0 Å². The fourth-order valence-electron chi connectivity index (χ4n) is 1.80. The summed E-state index contributed by atoms with van der Waals surface area (Å²) < 4.78 is 6.31. The minimum absolute atomic E-state index is 0.117. The summed E-state index contributed by atoms with van der Waals surface area (Å²) in [6.07, 6.45) is 0. The van der Waals surface area contributed by atoms with Gasteiger partial charge in [0.1, 0.15) is 11.3 Å². The molecule has 0 unspecified atom stereocenters. The van der Waals surface area contributed by atoms with Crippen LogP contribution < -0.4 is 4.74 Å². The largest absolute Gasteiger partial charge is 0.497 e. The maximum Gasteiger partial charge on any atom is 0.220 e. The van der Waals surface area contributed by atoms with Crippen LogP contribution in [0.5, 0.6) is 11.6 Å². The lowest BCUT2D eigenvalue weighted by Gasteiger charge is -2.03. The van der Waals surface area contributed by atoms with Gasteiger partial charge in [-0.2, -0.15) is 5.10 Å². The molecule has 0 bridgehead atoms. The van der Waals surface area contributed by atoms with Crippen LogP contribution in [0.25, 0.3) is 0 Å². The average molecular weight is 246 g/mol. The van der Waals surface area contributed by atoms with E-state index in [4.69, 9.17) is 4.74 Å². The Hall–Kier alpha value is -2.30. The number of methoxy groups -OCH3 is 1. The Balaban J connectivity index is 2.41. The predicted octanol–water partition coefficient (Wildman–Crippen LogP) is 1.67. The van der Waals surface area contributed by atoms with E-state index in [-0.39, 0.29) is 17.2 Å². The van der Waals surface area contributed by atoms with Gasteiger partial charge in [0.15, 0.2) is 5.78 Å². The van der Waals surface area contributed by atoms with E-state index in [2.05, 4.69) is 5.10 Å². The van der Waals surface area contributed by atoms with Gasteiger partial charge in [-0.05, 0) is 31.2 Å². The molecular weight excluding hydrogens is 232 g/mol. The molecular formula is C13H14N2O3. The van der Waals surface area contributed by atoms with Gasteiger partial charge in [-0.3, -0.25) is 4.79 Å². The van der Waals surface area contributed by atoms with Gasteiger partial charge in [0.05, 0.1) is 12.8 Å². The Morgan fingerprint density at radius 1 is 1.33 bits per heavy atom. The van der Waals surface area contributed by atoms with E-state index in [0.717, 1.165) is 0 Å². The molecule has 18 heavy (non-hydrogen) atoms. The second-order valence-corrected chi connectivity index (χ2v) is 3.97. The third-order valence-corrected chi connectivity index (χ3v) is 2.77. The van der Waals surface area contributed by atoms with Gasteiger partial charge in [-0.15, -0.1) is 0 Å². The molecule has 0 aliphatic carbocycles. The normalized spacial score (nSPS) is 10.4. The van der Waals surface area contributed by atoms with Crippen LogP contribution in [0.15, 0.2) is 24.3 Å². The van der Waals surface area contributed by atoms with Crippen LogP contribution in [-0.2, 0) is 7.05 Å². The van der Waals surface area contributed by atoms with E-state index in [1.807, 2.05) is 0 Å². The van der Waals surface area contributed by atoms with Gasteiger partial charge in [0, 0.05) is 12.6 Å².